The van der Waals surface area contributed by atoms with Crippen molar-refractivity contribution in [1.82, 2.24) is 0 Å². The monoisotopic (exact) mass is 243 g/mol. The van der Waals surface area contributed by atoms with Gasteiger partial charge in [0.2, 0.25) is 5.90 Å². The standard InChI is InChI=1S/C14H13NOS/c1-2-4-11(5-3-1)8-13-9-16-14(15-13)12-6-7-17-10-12/h1-7,10,13H,8-9H2/t13-/m1/s1. The van der Waals surface area contributed by atoms with E-state index in [0.29, 0.717) is 6.61 Å². The Kier molecular flexibility index (Phi) is 2.92. The van der Waals surface area contributed by atoms with Crippen molar-refractivity contribution in [3.63, 3.8) is 0 Å². The van der Waals surface area contributed by atoms with E-state index in [2.05, 4.69) is 34.6 Å². The molecular weight excluding hydrogens is 230 g/mol. The normalized spacial score (nSPS) is 18.8. The Morgan fingerprint density at radius 1 is 1.24 bits per heavy atom. The number of nitrogens with zero attached hydrogens (tertiary/aromatic N) is 1. The topological polar surface area (TPSA) is 21.6 Å². The minimum Gasteiger partial charge on any atom is -0.475 e. The van der Waals surface area contributed by atoms with E-state index in [0.717, 1.165) is 17.9 Å². The van der Waals surface area contributed by atoms with Crippen molar-refractivity contribution in [3.05, 3.63) is 58.3 Å². The Hall–Kier alpha value is -1.61. The van der Waals surface area contributed by atoms with Crippen LogP contribution >= 0.6 is 11.3 Å². The molecule has 0 saturated carbocycles. The summed E-state index contributed by atoms with van der Waals surface area (Å²) in [6.07, 6.45) is 0.953. The van der Waals surface area contributed by atoms with Gasteiger partial charge in [0.15, 0.2) is 0 Å². The van der Waals surface area contributed by atoms with Crippen molar-refractivity contribution < 1.29 is 4.74 Å². The zero-order chi connectivity index (χ0) is 11.5. The first-order valence-electron chi connectivity index (χ1n) is 5.69. The van der Waals surface area contributed by atoms with E-state index in [1.54, 1.807) is 11.3 Å². The molecule has 2 aromatic rings. The quantitative estimate of drug-likeness (QED) is 0.811. The minimum absolute atomic E-state index is 0.257. The SMILES string of the molecule is c1ccc(C[C@@H]2COC(c3ccsc3)=N2)cc1. The van der Waals surface area contributed by atoms with Gasteiger partial charge in [-0.05, 0) is 23.4 Å². The molecule has 1 aromatic heterocycles. The molecule has 1 aromatic carbocycles. The van der Waals surface area contributed by atoms with Crippen LogP contribution in [-0.4, -0.2) is 18.5 Å². The average molecular weight is 243 g/mol. The van der Waals surface area contributed by atoms with Gasteiger partial charge < -0.3 is 4.74 Å². The minimum atomic E-state index is 0.257. The zero-order valence-electron chi connectivity index (χ0n) is 9.37. The molecule has 0 spiro atoms. The number of hydrogen-bond donors (Lipinski definition) is 0. The highest BCUT2D eigenvalue weighted by atomic mass is 32.1. The number of hydrogen-bond acceptors (Lipinski definition) is 3. The molecule has 0 aliphatic carbocycles. The van der Waals surface area contributed by atoms with Crippen LogP contribution in [-0.2, 0) is 11.2 Å². The molecule has 0 saturated heterocycles. The molecule has 86 valence electrons. The third kappa shape index (κ3) is 2.39. The lowest BCUT2D eigenvalue weighted by molar-refractivity contribution is 0.317. The molecule has 1 aliphatic heterocycles. The molecule has 0 N–H and O–H groups in total. The van der Waals surface area contributed by atoms with Gasteiger partial charge in [-0.3, -0.25) is 0 Å². The van der Waals surface area contributed by atoms with Crippen molar-refractivity contribution in [1.29, 1.82) is 0 Å². The van der Waals surface area contributed by atoms with Crippen LogP contribution in [0.15, 0.2) is 52.2 Å². The fraction of sp³-hybridized carbons (Fsp3) is 0.214. The maximum absolute atomic E-state index is 5.64. The third-order valence-electron chi connectivity index (χ3n) is 2.79. The maximum Gasteiger partial charge on any atom is 0.217 e. The Labute approximate surface area is 105 Å². The first-order chi connectivity index (χ1) is 8.42. The van der Waals surface area contributed by atoms with Crippen LogP contribution in [0.3, 0.4) is 0 Å². The van der Waals surface area contributed by atoms with Gasteiger partial charge in [-0.2, -0.15) is 11.3 Å². The largest absolute Gasteiger partial charge is 0.475 e. The summed E-state index contributed by atoms with van der Waals surface area (Å²) in [4.78, 5) is 4.63. The molecule has 3 heteroatoms. The van der Waals surface area contributed by atoms with Gasteiger partial charge >= 0.3 is 0 Å². The molecule has 0 radical (unpaired) electrons. The molecule has 17 heavy (non-hydrogen) atoms. The predicted octanol–water partition coefficient (Wildman–Crippen LogP) is 3.14. The summed E-state index contributed by atoms with van der Waals surface area (Å²) in [5.74, 6) is 0.798. The van der Waals surface area contributed by atoms with Gasteiger partial charge in [0.25, 0.3) is 0 Å². The molecule has 0 bridgehead atoms. The van der Waals surface area contributed by atoms with Gasteiger partial charge in [-0.15, -0.1) is 0 Å². The van der Waals surface area contributed by atoms with Crippen molar-refractivity contribution in [2.45, 2.75) is 12.5 Å². The second-order valence-corrected chi connectivity index (χ2v) is 4.88. The summed E-state index contributed by atoms with van der Waals surface area (Å²) < 4.78 is 5.64. The molecule has 0 fully saturated rings. The number of thiophene rings is 1. The van der Waals surface area contributed by atoms with Gasteiger partial charge in [-0.1, -0.05) is 30.3 Å². The number of rotatable bonds is 3. The first-order valence-corrected chi connectivity index (χ1v) is 6.63. The Balaban J connectivity index is 1.71. The summed E-state index contributed by atoms with van der Waals surface area (Å²) in [7, 11) is 0. The summed E-state index contributed by atoms with van der Waals surface area (Å²) in [6, 6.07) is 12.7. The van der Waals surface area contributed by atoms with Gasteiger partial charge in [0.1, 0.15) is 6.61 Å². The predicted molar refractivity (Wildman–Crippen MR) is 70.7 cm³/mol. The van der Waals surface area contributed by atoms with E-state index >= 15 is 0 Å². The van der Waals surface area contributed by atoms with E-state index in [-0.39, 0.29) is 6.04 Å². The van der Waals surface area contributed by atoms with Crippen LogP contribution in [0.4, 0.5) is 0 Å². The summed E-state index contributed by atoms with van der Waals surface area (Å²) in [6.45, 7) is 0.695. The molecule has 2 nitrogen and oxygen atoms in total. The van der Waals surface area contributed by atoms with Crippen LogP contribution in [0, 0.1) is 0 Å². The smallest absolute Gasteiger partial charge is 0.217 e. The van der Waals surface area contributed by atoms with Crippen molar-refractivity contribution in [3.8, 4) is 0 Å². The third-order valence-corrected chi connectivity index (χ3v) is 3.48. The lowest BCUT2D eigenvalue weighted by Gasteiger charge is -2.03. The second kappa shape index (κ2) is 4.72. The number of benzene rings is 1. The van der Waals surface area contributed by atoms with Crippen LogP contribution in [0.1, 0.15) is 11.1 Å². The second-order valence-electron chi connectivity index (χ2n) is 4.10. The fourth-order valence-corrected chi connectivity index (χ4v) is 2.58. The molecule has 0 unspecified atom stereocenters. The molecule has 3 rings (SSSR count). The van der Waals surface area contributed by atoms with E-state index < -0.39 is 0 Å². The van der Waals surface area contributed by atoms with Gasteiger partial charge in [0, 0.05) is 10.9 Å². The lowest BCUT2D eigenvalue weighted by Crippen LogP contribution is -2.09. The zero-order valence-corrected chi connectivity index (χ0v) is 10.2. The van der Waals surface area contributed by atoms with E-state index in [1.807, 2.05) is 17.5 Å². The van der Waals surface area contributed by atoms with Gasteiger partial charge in [-0.25, -0.2) is 4.99 Å². The van der Waals surface area contributed by atoms with E-state index in [1.165, 1.54) is 5.56 Å². The highest BCUT2D eigenvalue weighted by molar-refractivity contribution is 7.08. The van der Waals surface area contributed by atoms with Crippen LogP contribution in [0.25, 0.3) is 0 Å². The number of aliphatic imine (C=N–C) groups is 1. The van der Waals surface area contributed by atoms with Crippen molar-refractivity contribution in [2.24, 2.45) is 4.99 Å². The van der Waals surface area contributed by atoms with Gasteiger partial charge in [0.05, 0.1) is 6.04 Å². The average Bonchev–Trinajstić information content (AvgIpc) is 3.00. The fourth-order valence-electron chi connectivity index (χ4n) is 1.95. The molecular formula is C14H13NOS. The first kappa shape index (κ1) is 10.5. The Morgan fingerprint density at radius 2 is 2.12 bits per heavy atom. The molecule has 0 amide bonds. The van der Waals surface area contributed by atoms with Crippen molar-refractivity contribution >= 4 is 17.2 Å². The van der Waals surface area contributed by atoms with Crippen LogP contribution in [0.2, 0.25) is 0 Å². The molecule has 1 aliphatic rings. The van der Waals surface area contributed by atoms with E-state index in [4.69, 9.17) is 4.74 Å². The summed E-state index contributed by atoms with van der Waals surface area (Å²) in [5, 5.41) is 4.12. The van der Waals surface area contributed by atoms with Crippen LogP contribution in [0.5, 0.6) is 0 Å². The highest BCUT2D eigenvalue weighted by Gasteiger charge is 2.20. The Morgan fingerprint density at radius 3 is 2.88 bits per heavy atom. The highest BCUT2D eigenvalue weighted by Crippen LogP contribution is 2.17. The summed E-state index contributed by atoms with van der Waals surface area (Å²) in [5.41, 5.74) is 2.42. The maximum atomic E-state index is 5.64. The lowest BCUT2D eigenvalue weighted by atomic mass is 10.1. The Bertz CT molecular complexity index is 504. The molecule has 1 atom stereocenters. The van der Waals surface area contributed by atoms with Crippen LogP contribution < -0.4 is 0 Å². The van der Waals surface area contributed by atoms with E-state index in [9.17, 15) is 0 Å². The van der Waals surface area contributed by atoms with Crippen molar-refractivity contribution in [2.75, 3.05) is 6.61 Å². The number of ether oxygens (including phenoxy) is 1. The summed E-state index contributed by atoms with van der Waals surface area (Å²) >= 11 is 1.67. The molecule has 2 heterocycles.